The Morgan fingerprint density at radius 3 is 2.56 bits per heavy atom. The lowest BCUT2D eigenvalue weighted by atomic mass is 10.0. The minimum atomic E-state index is -0.0186. The molecule has 1 aromatic carbocycles. The number of nitrogens with zero attached hydrogens (tertiary/aromatic N) is 2. The van der Waals surface area contributed by atoms with Crippen LogP contribution in [0.5, 0.6) is 0 Å². The Balaban J connectivity index is 1.81. The average Bonchev–Trinajstić information content (AvgIpc) is 3.20. The summed E-state index contributed by atoms with van der Waals surface area (Å²) in [5.41, 5.74) is 1.98. The molecule has 0 unspecified atom stereocenters. The van der Waals surface area contributed by atoms with Crippen LogP contribution in [0, 0.1) is 0 Å². The number of aromatic nitrogens is 1. The van der Waals surface area contributed by atoms with Gasteiger partial charge >= 0.3 is 0 Å². The number of rotatable bonds is 3. The van der Waals surface area contributed by atoms with Crippen molar-refractivity contribution in [1.82, 2.24) is 10.3 Å². The van der Waals surface area contributed by atoms with Gasteiger partial charge in [-0.1, -0.05) is 17.7 Å². The molecule has 4 rings (SSSR count). The first-order valence-electron chi connectivity index (χ1n) is 7.65. The summed E-state index contributed by atoms with van der Waals surface area (Å²) in [7, 11) is 0. The van der Waals surface area contributed by atoms with E-state index >= 15 is 0 Å². The fraction of sp³-hybridized carbons (Fsp3) is 0.111. The van der Waals surface area contributed by atoms with Gasteiger partial charge in [-0.05, 0) is 76.7 Å². The molecule has 0 radical (unpaired) electrons. The van der Waals surface area contributed by atoms with Crippen LogP contribution in [0.4, 0.5) is 5.69 Å². The van der Waals surface area contributed by atoms with Crippen molar-refractivity contribution >= 4 is 61.9 Å². The van der Waals surface area contributed by atoms with Crippen LogP contribution in [0.2, 0.25) is 5.02 Å². The molecule has 0 saturated carbocycles. The summed E-state index contributed by atoms with van der Waals surface area (Å²) < 4.78 is 1.09. The molecule has 1 aliphatic heterocycles. The van der Waals surface area contributed by atoms with E-state index in [1.165, 1.54) is 4.88 Å². The monoisotopic (exact) mass is 449 g/mol. The van der Waals surface area contributed by atoms with Crippen LogP contribution in [-0.4, -0.2) is 10.1 Å². The van der Waals surface area contributed by atoms with Crippen LogP contribution in [0.15, 0.2) is 64.6 Å². The molecule has 2 aromatic heterocycles. The molecule has 25 heavy (non-hydrogen) atoms. The molecule has 0 amide bonds. The number of thiocarbonyl (C=S) groups is 1. The Labute approximate surface area is 168 Å². The first kappa shape index (κ1) is 17.0. The zero-order valence-electron chi connectivity index (χ0n) is 12.9. The van der Waals surface area contributed by atoms with Gasteiger partial charge < -0.3 is 10.2 Å². The molecule has 1 saturated heterocycles. The van der Waals surface area contributed by atoms with Gasteiger partial charge in [-0.2, -0.15) is 0 Å². The van der Waals surface area contributed by atoms with Gasteiger partial charge in [0.25, 0.3) is 0 Å². The maximum atomic E-state index is 6.05. The van der Waals surface area contributed by atoms with Gasteiger partial charge in [0.1, 0.15) is 0 Å². The summed E-state index contributed by atoms with van der Waals surface area (Å²) in [4.78, 5) is 7.90. The van der Waals surface area contributed by atoms with Crippen LogP contribution < -0.4 is 10.2 Å². The second-order valence-electron chi connectivity index (χ2n) is 5.61. The first-order valence-corrected chi connectivity index (χ1v) is 10.0. The van der Waals surface area contributed by atoms with Crippen molar-refractivity contribution in [3.8, 4) is 0 Å². The molecule has 126 valence electrons. The van der Waals surface area contributed by atoms with E-state index in [-0.39, 0.29) is 12.1 Å². The molecule has 1 aliphatic rings. The molecule has 3 heterocycles. The standard InChI is InChI=1S/C18H13BrClN3S2/c19-15-9-8-14(25-15)17-16(13-3-1-2-10-21-13)22-18(24)23(17)12-6-4-11(20)5-7-12/h1-10,16-17H,(H,22,24)/t16-,17+/m1/s1. The normalized spacial score (nSPS) is 19.9. The molecule has 0 bridgehead atoms. The highest BCUT2D eigenvalue weighted by Gasteiger charge is 2.41. The third-order valence-corrected chi connectivity index (χ3v) is 6.35. The lowest BCUT2D eigenvalue weighted by Gasteiger charge is -2.26. The molecular formula is C18H13BrClN3S2. The molecule has 1 N–H and O–H groups in total. The second-order valence-corrected chi connectivity index (χ2v) is 8.93. The van der Waals surface area contributed by atoms with Crippen LogP contribution in [0.1, 0.15) is 22.7 Å². The number of pyridine rings is 1. The van der Waals surface area contributed by atoms with Gasteiger partial charge in [-0.3, -0.25) is 4.98 Å². The molecule has 0 spiro atoms. The van der Waals surface area contributed by atoms with Crippen molar-refractivity contribution in [2.75, 3.05) is 4.90 Å². The topological polar surface area (TPSA) is 28.2 Å². The van der Waals surface area contributed by atoms with E-state index in [0.717, 1.165) is 15.2 Å². The van der Waals surface area contributed by atoms with Gasteiger partial charge in [-0.15, -0.1) is 11.3 Å². The Morgan fingerprint density at radius 2 is 1.92 bits per heavy atom. The van der Waals surface area contributed by atoms with E-state index in [0.29, 0.717) is 10.1 Å². The van der Waals surface area contributed by atoms with Gasteiger partial charge in [0, 0.05) is 21.8 Å². The average molecular weight is 451 g/mol. The number of halogens is 2. The largest absolute Gasteiger partial charge is 0.351 e. The van der Waals surface area contributed by atoms with Crippen molar-refractivity contribution in [3.05, 3.63) is 80.2 Å². The summed E-state index contributed by atoms with van der Waals surface area (Å²) in [6.07, 6.45) is 1.81. The number of thiophene rings is 1. The first-order chi connectivity index (χ1) is 12.1. The van der Waals surface area contributed by atoms with Crippen molar-refractivity contribution in [2.45, 2.75) is 12.1 Å². The van der Waals surface area contributed by atoms with Crippen LogP contribution >= 0.6 is 51.1 Å². The third kappa shape index (κ3) is 3.31. The molecule has 1 fully saturated rings. The maximum Gasteiger partial charge on any atom is 0.174 e. The minimum absolute atomic E-state index is 0.0186. The highest BCUT2D eigenvalue weighted by atomic mass is 79.9. The molecule has 0 aliphatic carbocycles. The van der Waals surface area contributed by atoms with E-state index < -0.39 is 0 Å². The second kappa shape index (κ2) is 7.03. The summed E-state index contributed by atoms with van der Waals surface area (Å²) in [6.45, 7) is 0. The zero-order valence-corrected chi connectivity index (χ0v) is 16.9. The van der Waals surface area contributed by atoms with E-state index in [9.17, 15) is 0 Å². The van der Waals surface area contributed by atoms with E-state index in [4.69, 9.17) is 23.8 Å². The molecule has 3 aromatic rings. The van der Waals surface area contributed by atoms with Crippen LogP contribution in [-0.2, 0) is 0 Å². The summed E-state index contributed by atoms with van der Waals surface area (Å²) >= 11 is 17.0. The van der Waals surface area contributed by atoms with Crippen molar-refractivity contribution in [1.29, 1.82) is 0 Å². The smallest absolute Gasteiger partial charge is 0.174 e. The summed E-state index contributed by atoms with van der Waals surface area (Å²) in [6, 6.07) is 17.9. The maximum absolute atomic E-state index is 6.05. The van der Waals surface area contributed by atoms with Crippen molar-refractivity contribution < 1.29 is 0 Å². The molecule has 2 atom stereocenters. The van der Waals surface area contributed by atoms with Crippen LogP contribution in [0.25, 0.3) is 0 Å². The third-order valence-electron chi connectivity index (χ3n) is 4.09. The quantitative estimate of drug-likeness (QED) is 0.515. The van der Waals surface area contributed by atoms with Gasteiger partial charge in [0.2, 0.25) is 0 Å². The Hall–Kier alpha value is -1.47. The Morgan fingerprint density at radius 1 is 1.12 bits per heavy atom. The SMILES string of the molecule is S=C1N[C@H](c2ccccn2)[C@H](c2ccc(Br)s2)N1c1ccc(Cl)cc1. The zero-order chi connectivity index (χ0) is 17.4. The fourth-order valence-electron chi connectivity index (χ4n) is 3.01. The predicted molar refractivity (Wildman–Crippen MR) is 111 cm³/mol. The number of hydrogen-bond acceptors (Lipinski definition) is 3. The predicted octanol–water partition coefficient (Wildman–Crippen LogP) is 5.74. The van der Waals surface area contributed by atoms with Gasteiger partial charge in [0.05, 0.1) is 21.6 Å². The minimum Gasteiger partial charge on any atom is -0.351 e. The van der Waals surface area contributed by atoms with E-state index in [1.807, 2.05) is 48.7 Å². The molecule has 7 heteroatoms. The highest BCUT2D eigenvalue weighted by molar-refractivity contribution is 9.11. The fourth-order valence-corrected chi connectivity index (χ4v) is 5.04. The lowest BCUT2D eigenvalue weighted by Crippen LogP contribution is -2.28. The van der Waals surface area contributed by atoms with E-state index in [2.05, 4.69) is 43.3 Å². The van der Waals surface area contributed by atoms with Crippen molar-refractivity contribution in [3.63, 3.8) is 0 Å². The molecular weight excluding hydrogens is 438 g/mol. The Kier molecular flexibility index (Phi) is 4.78. The number of nitrogens with one attached hydrogen (secondary N) is 1. The lowest BCUT2D eigenvalue weighted by molar-refractivity contribution is 0.575. The Bertz CT molecular complexity index is 898. The highest BCUT2D eigenvalue weighted by Crippen LogP contribution is 2.44. The molecule has 3 nitrogen and oxygen atoms in total. The van der Waals surface area contributed by atoms with Crippen molar-refractivity contribution in [2.24, 2.45) is 0 Å². The summed E-state index contributed by atoms with van der Waals surface area (Å²) in [5, 5.41) is 4.84. The number of hydrogen-bond donors (Lipinski definition) is 1. The van der Waals surface area contributed by atoms with E-state index in [1.54, 1.807) is 11.3 Å². The van der Waals surface area contributed by atoms with Gasteiger partial charge in [-0.25, -0.2) is 0 Å². The van der Waals surface area contributed by atoms with Gasteiger partial charge in [0.15, 0.2) is 5.11 Å². The number of benzene rings is 1. The summed E-state index contributed by atoms with van der Waals surface area (Å²) in [5.74, 6) is 0. The number of anilines is 1. The van der Waals surface area contributed by atoms with Crippen LogP contribution in [0.3, 0.4) is 0 Å².